The van der Waals surface area contributed by atoms with E-state index in [4.69, 9.17) is 5.73 Å². The van der Waals surface area contributed by atoms with Gasteiger partial charge >= 0.3 is 0 Å². The highest BCUT2D eigenvalue weighted by molar-refractivity contribution is 9.10. The van der Waals surface area contributed by atoms with Crippen LogP contribution in [0.25, 0.3) is 22.2 Å². The number of primary amides is 1. The first kappa shape index (κ1) is 11.9. The van der Waals surface area contributed by atoms with Crippen LogP contribution in [0, 0.1) is 0 Å². The fourth-order valence-electron chi connectivity index (χ4n) is 2.03. The molecule has 3 N–H and O–H groups in total. The van der Waals surface area contributed by atoms with E-state index in [1.165, 1.54) is 0 Å². The SMILES string of the molecule is NC(=O)c1ccc(-c2c[nH]c3ncc(Br)cc23)cc1. The van der Waals surface area contributed by atoms with Crippen molar-refractivity contribution in [1.82, 2.24) is 9.97 Å². The fraction of sp³-hybridized carbons (Fsp3) is 0. The summed E-state index contributed by atoms with van der Waals surface area (Å²) in [4.78, 5) is 18.5. The third kappa shape index (κ3) is 2.13. The number of rotatable bonds is 2. The van der Waals surface area contributed by atoms with Gasteiger partial charge in [-0.1, -0.05) is 12.1 Å². The molecule has 0 unspecified atom stereocenters. The van der Waals surface area contributed by atoms with Gasteiger partial charge in [-0.25, -0.2) is 4.98 Å². The van der Waals surface area contributed by atoms with E-state index in [9.17, 15) is 4.79 Å². The first-order valence-corrected chi connectivity index (χ1v) is 6.47. The van der Waals surface area contributed by atoms with Gasteiger partial charge in [-0.05, 0) is 39.7 Å². The molecule has 5 heteroatoms. The zero-order valence-corrected chi connectivity index (χ0v) is 11.4. The van der Waals surface area contributed by atoms with E-state index in [-0.39, 0.29) is 0 Å². The van der Waals surface area contributed by atoms with Gasteiger partial charge < -0.3 is 10.7 Å². The minimum absolute atomic E-state index is 0.421. The zero-order valence-electron chi connectivity index (χ0n) is 9.85. The van der Waals surface area contributed by atoms with Gasteiger partial charge in [-0.2, -0.15) is 0 Å². The van der Waals surface area contributed by atoms with Crippen molar-refractivity contribution < 1.29 is 4.79 Å². The monoisotopic (exact) mass is 315 g/mol. The van der Waals surface area contributed by atoms with Crippen molar-refractivity contribution in [3.8, 4) is 11.1 Å². The molecule has 19 heavy (non-hydrogen) atoms. The first-order valence-electron chi connectivity index (χ1n) is 5.68. The molecule has 0 spiro atoms. The summed E-state index contributed by atoms with van der Waals surface area (Å²) >= 11 is 3.42. The summed E-state index contributed by atoms with van der Waals surface area (Å²) in [7, 11) is 0. The van der Waals surface area contributed by atoms with Gasteiger partial charge in [0.1, 0.15) is 5.65 Å². The Bertz CT molecular complexity index is 762. The fourth-order valence-corrected chi connectivity index (χ4v) is 2.36. The van der Waals surface area contributed by atoms with E-state index in [0.717, 1.165) is 26.6 Å². The predicted molar refractivity (Wildman–Crippen MR) is 77.7 cm³/mol. The molecule has 0 aliphatic carbocycles. The molecule has 0 bridgehead atoms. The number of halogens is 1. The van der Waals surface area contributed by atoms with Gasteiger partial charge in [0.05, 0.1) is 0 Å². The number of nitrogens with zero attached hydrogens (tertiary/aromatic N) is 1. The van der Waals surface area contributed by atoms with Crippen LogP contribution >= 0.6 is 15.9 Å². The lowest BCUT2D eigenvalue weighted by molar-refractivity contribution is 0.100. The number of carbonyl (C=O) groups is 1. The number of hydrogen-bond acceptors (Lipinski definition) is 2. The molecule has 1 aromatic carbocycles. The Balaban J connectivity index is 2.13. The molecule has 3 rings (SSSR count). The second kappa shape index (κ2) is 4.51. The molecule has 0 saturated heterocycles. The van der Waals surface area contributed by atoms with Gasteiger partial charge in [-0.3, -0.25) is 4.79 Å². The first-order chi connectivity index (χ1) is 9.15. The Morgan fingerprint density at radius 1 is 1.26 bits per heavy atom. The maximum atomic E-state index is 11.1. The molecule has 3 aromatic rings. The minimum atomic E-state index is -0.421. The summed E-state index contributed by atoms with van der Waals surface area (Å²) in [5.41, 5.74) is 8.62. The minimum Gasteiger partial charge on any atom is -0.366 e. The lowest BCUT2D eigenvalue weighted by atomic mass is 10.0. The molecule has 1 amide bonds. The topological polar surface area (TPSA) is 71.8 Å². The number of pyridine rings is 1. The summed E-state index contributed by atoms with van der Waals surface area (Å²) in [5.74, 6) is -0.421. The maximum absolute atomic E-state index is 11.1. The van der Waals surface area contributed by atoms with Crippen molar-refractivity contribution in [2.45, 2.75) is 0 Å². The van der Waals surface area contributed by atoms with Gasteiger partial charge in [0, 0.05) is 33.4 Å². The number of H-pyrrole nitrogens is 1. The quantitative estimate of drug-likeness (QED) is 0.762. The smallest absolute Gasteiger partial charge is 0.248 e. The van der Waals surface area contributed by atoms with E-state index in [0.29, 0.717) is 5.56 Å². The molecular formula is C14H10BrN3O. The number of hydrogen-bond donors (Lipinski definition) is 2. The number of nitrogens with one attached hydrogen (secondary N) is 1. The number of fused-ring (bicyclic) bond motifs is 1. The van der Waals surface area contributed by atoms with Crippen LogP contribution in [0.5, 0.6) is 0 Å². The van der Waals surface area contributed by atoms with Gasteiger partial charge in [-0.15, -0.1) is 0 Å². The Labute approximate surface area is 117 Å². The number of amides is 1. The van der Waals surface area contributed by atoms with Crippen molar-refractivity contribution in [2.75, 3.05) is 0 Å². The van der Waals surface area contributed by atoms with Gasteiger partial charge in [0.25, 0.3) is 0 Å². The van der Waals surface area contributed by atoms with Crippen LogP contribution in [0.3, 0.4) is 0 Å². The highest BCUT2D eigenvalue weighted by atomic mass is 79.9. The Kier molecular flexibility index (Phi) is 2.83. The number of aromatic nitrogens is 2. The average molecular weight is 316 g/mol. The summed E-state index contributed by atoms with van der Waals surface area (Å²) in [5, 5.41) is 1.03. The lowest BCUT2D eigenvalue weighted by Crippen LogP contribution is -2.10. The summed E-state index contributed by atoms with van der Waals surface area (Å²) in [6.07, 6.45) is 3.65. The molecule has 0 aliphatic heterocycles. The zero-order chi connectivity index (χ0) is 13.4. The van der Waals surface area contributed by atoms with Crippen LogP contribution < -0.4 is 5.73 Å². The molecular weight excluding hydrogens is 306 g/mol. The standard InChI is InChI=1S/C14H10BrN3O/c15-10-5-11-12(7-18-14(11)17-6-10)8-1-3-9(4-2-8)13(16)19/h1-7H,(H2,16,19)(H,17,18). The van der Waals surface area contributed by atoms with Crippen LogP contribution in [0.2, 0.25) is 0 Å². The molecule has 0 saturated carbocycles. The summed E-state index contributed by atoms with van der Waals surface area (Å²) < 4.78 is 0.926. The number of carbonyl (C=O) groups excluding carboxylic acids is 1. The van der Waals surface area contributed by atoms with Crippen molar-refractivity contribution >= 4 is 32.9 Å². The van der Waals surface area contributed by atoms with E-state index < -0.39 is 5.91 Å². The molecule has 0 radical (unpaired) electrons. The number of aromatic amines is 1. The normalized spacial score (nSPS) is 10.8. The molecule has 4 nitrogen and oxygen atoms in total. The number of nitrogens with two attached hydrogens (primary N) is 1. The predicted octanol–water partition coefficient (Wildman–Crippen LogP) is 3.09. The van der Waals surface area contributed by atoms with Crippen LogP contribution in [0.4, 0.5) is 0 Å². The second-order valence-corrected chi connectivity index (χ2v) is 5.11. The Hall–Kier alpha value is -2.14. The van der Waals surface area contributed by atoms with Crippen LogP contribution in [-0.2, 0) is 0 Å². The Morgan fingerprint density at radius 3 is 2.68 bits per heavy atom. The molecule has 0 atom stereocenters. The van der Waals surface area contributed by atoms with E-state index in [1.54, 1.807) is 18.3 Å². The van der Waals surface area contributed by atoms with Crippen molar-refractivity contribution in [3.63, 3.8) is 0 Å². The van der Waals surface area contributed by atoms with E-state index in [2.05, 4.69) is 25.9 Å². The molecule has 0 fully saturated rings. The van der Waals surface area contributed by atoms with E-state index >= 15 is 0 Å². The third-order valence-corrected chi connectivity index (χ3v) is 3.41. The van der Waals surface area contributed by atoms with Crippen LogP contribution in [0.1, 0.15) is 10.4 Å². The van der Waals surface area contributed by atoms with Gasteiger partial charge in [0.15, 0.2) is 0 Å². The number of benzene rings is 1. The summed E-state index contributed by atoms with van der Waals surface area (Å²) in [6.45, 7) is 0. The molecule has 94 valence electrons. The highest BCUT2D eigenvalue weighted by Crippen LogP contribution is 2.29. The average Bonchev–Trinajstić information content (AvgIpc) is 2.81. The van der Waals surface area contributed by atoms with Crippen molar-refractivity contribution in [1.29, 1.82) is 0 Å². The highest BCUT2D eigenvalue weighted by Gasteiger charge is 2.08. The third-order valence-electron chi connectivity index (χ3n) is 2.98. The molecule has 0 aliphatic rings. The molecule has 2 aromatic heterocycles. The van der Waals surface area contributed by atoms with Crippen molar-refractivity contribution in [2.24, 2.45) is 5.73 Å². The van der Waals surface area contributed by atoms with Gasteiger partial charge in [0.2, 0.25) is 5.91 Å². The largest absolute Gasteiger partial charge is 0.366 e. The summed E-state index contributed by atoms with van der Waals surface area (Å²) in [6, 6.07) is 9.22. The van der Waals surface area contributed by atoms with Crippen LogP contribution in [-0.4, -0.2) is 15.9 Å². The van der Waals surface area contributed by atoms with Crippen molar-refractivity contribution in [3.05, 3.63) is 52.8 Å². The second-order valence-electron chi connectivity index (χ2n) is 4.19. The van der Waals surface area contributed by atoms with Crippen LogP contribution in [0.15, 0.2) is 47.2 Å². The Morgan fingerprint density at radius 2 is 2.00 bits per heavy atom. The maximum Gasteiger partial charge on any atom is 0.248 e. The lowest BCUT2D eigenvalue weighted by Gasteiger charge is -2.01. The van der Waals surface area contributed by atoms with E-state index in [1.807, 2.05) is 24.4 Å². The molecule has 2 heterocycles.